The SMILES string of the molecule is C/C=C\C=C(/C)n1c2ccccc2c2ccc3c(c21)-c1ccccc1-c1ccc2c4ccccc4n(-c4ccccc4)c2c1N3C. The second-order valence-electron chi connectivity index (χ2n) is 12.2. The number of benzene rings is 6. The van der Waals surface area contributed by atoms with E-state index in [-0.39, 0.29) is 0 Å². The largest absolute Gasteiger partial charge is 0.342 e. The number of nitrogens with zero attached hydrogens (tertiary/aromatic N) is 3. The lowest BCUT2D eigenvalue weighted by atomic mass is 9.92. The third-order valence-electron chi connectivity index (χ3n) is 9.70. The summed E-state index contributed by atoms with van der Waals surface area (Å²) in [5.74, 6) is 0. The maximum atomic E-state index is 2.46. The summed E-state index contributed by atoms with van der Waals surface area (Å²) < 4.78 is 4.91. The Morgan fingerprint density at radius 2 is 1.20 bits per heavy atom. The van der Waals surface area contributed by atoms with Gasteiger partial charge in [-0.1, -0.05) is 109 Å². The van der Waals surface area contributed by atoms with Crippen LogP contribution in [-0.4, -0.2) is 16.2 Å². The maximum Gasteiger partial charge on any atom is 0.0785 e. The third-order valence-corrected chi connectivity index (χ3v) is 9.70. The standard InChI is InChI=1S/C43H33N3/c1-4-5-15-28(2)45-37-22-13-11-19-31(37)35-26-27-39-40(41(35)45)33-21-10-9-18-30(33)34-24-25-36-32-20-12-14-23-38(32)46(29-16-7-6-8-17-29)43(36)42(34)44(39)3/h4-27H,1-3H3/b5-4-,28-15+. The summed E-state index contributed by atoms with van der Waals surface area (Å²) in [5.41, 5.74) is 14.6. The van der Waals surface area contributed by atoms with Gasteiger partial charge in [0.05, 0.1) is 33.4 Å². The fourth-order valence-corrected chi connectivity index (χ4v) is 7.77. The van der Waals surface area contributed by atoms with E-state index in [0.29, 0.717) is 0 Å². The van der Waals surface area contributed by atoms with Crippen molar-refractivity contribution >= 4 is 60.7 Å². The molecule has 8 aromatic rings. The molecule has 1 aliphatic heterocycles. The van der Waals surface area contributed by atoms with E-state index in [1.54, 1.807) is 0 Å². The molecule has 1 aliphatic rings. The van der Waals surface area contributed by atoms with Gasteiger partial charge in [-0.05, 0) is 61.4 Å². The first-order valence-corrected chi connectivity index (χ1v) is 16.0. The van der Waals surface area contributed by atoms with Crippen LogP contribution in [0.25, 0.3) is 77.2 Å². The van der Waals surface area contributed by atoms with Crippen LogP contribution in [0.2, 0.25) is 0 Å². The molecule has 2 aromatic heterocycles. The van der Waals surface area contributed by atoms with E-state index in [0.717, 1.165) is 5.69 Å². The molecule has 0 saturated carbocycles. The van der Waals surface area contributed by atoms with Crippen molar-refractivity contribution in [2.75, 3.05) is 11.9 Å². The van der Waals surface area contributed by atoms with Gasteiger partial charge in [-0.15, -0.1) is 0 Å². The highest BCUT2D eigenvalue weighted by Gasteiger charge is 2.30. The molecule has 6 aromatic carbocycles. The summed E-state index contributed by atoms with van der Waals surface area (Å²) in [5, 5.41) is 5.05. The van der Waals surface area contributed by atoms with Crippen molar-refractivity contribution in [1.82, 2.24) is 9.13 Å². The molecule has 0 N–H and O–H groups in total. The second kappa shape index (κ2) is 10.1. The van der Waals surface area contributed by atoms with E-state index in [9.17, 15) is 0 Å². The average Bonchev–Trinajstić information content (AvgIpc) is 3.60. The van der Waals surface area contributed by atoms with Crippen molar-refractivity contribution in [3.63, 3.8) is 0 Å². The fourth-order valence-electron chi connectivity index (χ4n) is 7.77. The minimum Gasteiger partial charge on any atom is -0.342 e. The van der Waals surface area contributed by atoms with E-state index >= 15 is 0 Å². The summed E-state index contributed by atoms with van der Waals surface area (Å²) in [7, 11) is 2.25. The molecular weight excluding hydrogens is 558 g/mol. The minimum atomic E-state index is 1.16. The van der Waals surface area contributed by atoms with Gasteiger partial charge < -0.3 is 14.0 Å². The zero-order valence-electron chi connectivity index (χ0n) is 26.2. The van der Waals surface area contributed by atoms with E-state index in [1.807, 2.05) is 0 Å². The number of aromatic nitrogens is 2. The first-order chi connectivity index (χ1) is 22.7. The normalized spacial score (nSPS) is 13.1. The highest BCUT2D eigenvalue weighted by molar-refractivity contribution is 6.22. The molecule has 3 nitrogen and oxygen atoms in total. The molecule has 0 atom stereocenters. The van der Waals surface area contributed by atoms with Gasteiger partial charge in [0.25, 0.3) is 0 Å². The van der Waals surface area contributed by atoms with Gasteiger partial charge in [-0.2, -0.15) is 0 Å². The van der Waals surface area contributed by atoms with Crippen LogP contribution >= 0.6 is 0 Å². The molecule has 0 spiro atoms. The highest BCUT2D eigenvalue weighted by Crippen LogP contribution is 2.54. The van der Waals surface area contributed by atoms with Crippen LogP contribution in [0.4, 0.5) is 11.4 Å². The van der Waals surface area contributed by atoms with Gasteiger partial charge in [0.1, 0.15) is 0 Å². The van der Waals surface area contributed by atoms with Gasteiger partial charge in [0.15, 0.2) is 0 Å². The highest BCUT2D eigenvalue weighted by atomic mass is 15.1. The second-order valence-corrected chi connectivity index (χ2v) is 12.2. The van der Waals surface area contributed by atoms with Crippen molar-refractivity contribution in [3.8, 4) is 27.9 Å². The van der Waals surface area contributed by atoms with Crippen LogP contribution in [0.5, 0.6) is 0 Å². The maximum absolute atomic E-state index is 2.46. The predicted octanol–water partition coefficient (Wildman–Crippen LogP) is 11.7. The molecule has 0 unspecified atom stereocenters. The summed E-state index contributed by atoms with van der Waals surface area (Å²) in [6.07, 6.45) is 6.44. The van der Waals surface area contributed by atoms with Gasteiger partial charge in [-0.3, -0.25) is 0 Å². The van der Waals surface area contributed by atoms with Crippen LogP contribution in [0.15, 0.2) is 146 Å². The molecule has 3 heteroatoms. The molecule has 9 rings (SSSR count). The fraction of sp³-hybridized carbons (Fsp3) is 0.0698. The van der Waals surface area contributed by atoms with Gasteiger partial charge in [0.2, 0.25) is 0 Å². The molecule has 0 aliphatic carbocycles. The number of allylic oxidation sites excluding steroid dienone is 4. The van der Waals surface area contributed by atoms with Gasteiger partial charge in [0, 0.05) is 51.1 Å². The molecule has 0 saturated heterocycles. The van der Waals surface area contributed by atoms with Crippen molar-refractivity contribution in [3.05, 3.63) is 146 Å². The molecule has 0 bridgehead atoms. The van der Waals surface area contributed by atoms with Crippen molar-refractivity contribution < 1.29 is 0 Å². The molecule has 220 valence electrons. The van der Waals surface area contributed by atoms with Crippen molar-refractivity contribution in [2.45, 2.75) is 13.8 Å². The number of para-hydroxylation sites is 3. The third kappa shape index (κ3) is 3.60. The summed E-state index contributed by atoms with van der Waals surface area (Å²) >= 11 is 0. The Balaban J connectivity index is 1.48. The topological polar surface area (TPSA) is 13.1 Å². The minimum absolute atomic E-state index is 1.16. The van der Waals surface area contributed by atoms with Gasteiger partial charge in [-0.25, -0.2) is 0 Å². The quantitative estimate of drug-likeness (QED) is 0.186. The predicted molar refractivity (Wildman–Crippen MR) is 197 cm³/mol. The van der Waals surface area contributed by atoms with Crippen molar-refractivity contribution in [1.29, 1.82) is 0 Å². The Labute approximate surface area is 268 Å². The van der Waals surface area contributed by atoms with Crippen LogP contribution in [-0.2, 0) is 0 Å². The van der Waals surface area contributed by atoms with E-state index in [1.165, 1.54) is 82.9 Å². The van der Waals surface area contributed by atoms with Crippen LogP contribution in [0.1, 0.15) is 13.8 Å². The zero-order valence-corrected chi connectivity index (χ0v) is 26.2. The molecule has 46 heavy (non-hydrogen) atoms. The van der Waals surface area contributed by atoms with Crippen molar-refractivity contribution in [2.24, 2.45) is 0 Å². The Bertz CT molecular complexity index is 2560. The summed E-state index contributed by atoms with van der Waals surface area (Å²) in [6, 6.07) is 46.7. The molecule has 0 amide bonds. The van der Waals surface area contributed by atoms with E-state index in [2.05, 4.69) is 181 Å². The first-order valence-electron chi connectivity index (χ1n) is 16.0. The van der Waals surface area contributed by atoms with Crippen LogP contribution < -0.4 is 4.90 Å². The lowest BCUT2D eigenvalue weighted by molar-refractivity contribution is 1.15. The molecular formula is C43H33N3. The number of hydrogen-bond acceptors (Lipinski definition) is 1. The Hall–Kier alpha value is -5.80. The Kier molecular flexibility index (Phi) is 5.85. The molecule has 3 heterocycles. The Morgan fingerprint density at radius 3 is 1.98 bits per heavy atom. The zero-order chi connectivity index (χ0) is 30.9. The van der Waals surface area contributed by atoms with Crippen LogP contribution in [0.3, 0.4) is 0 Å². The number of hydrogen-bond donors (Lipinski definition) is 0. The Morgan fingerprint density at radius 1 is 0.565 bits per heavy atom. The van der Waals surface area contributed by atoms with E-state index in [4.69, 9.17) is 0 Å². The summed E-state index contributed by atoms with van der Waals surface area (Å²) in [4.78, 5) is 2.44. The van der Waals surface area contributed by atoms with Gasteiger partial charge >= 0.3 is 0 Å². The lowest BCUT2D eigenvalue weighted by Gasteiger charge is -2.25. The first kappa shape index (κ1) is 26.6. The number of rotatable bonds is 3. The van der Waals surface area contributed by atoms with Crippen LogP contribution in [0, 0.1) is 0 Å². The number of anilines is 2. The van der Waals surface area contributed by atoms with E-state index < -0.39 is 0 Å². The smallest absolute Gasteiger partial charge is 0.0785 e. The molecule has 0 fully saturated rings. The summed E-state index contributed by atoms with van der Waals surface area (Å²) in [6.45, 7) is 4.29. The monoisotopic (exact) mass is 591 g/mol. The lowest BCUT2D eigenvalue weighted by Crippen LogP contribution is -2.12. The average molecular weight is 592 g/mol. The number of fused-ring (bicyclic) bond motifs is 13. The molecule has 0 radical (unpaired) electrons.